The first-order valence-corrected chi connectivity index (χ1v) is 8.74. The highest BCUT2D eigenvalue weighted by Crippen LogP contribution is 2.29. The number of hydrogen-bond acceptors (Lipinski definition) is 6. The maximum atomic E-state index is 5.80. The van der Waals surface area contributed by atoms with E-state index in [0.717, 1.165) is 55.7 Å². The summed E-state index contributed by atoms with van der Waals surface area (Å²) in [5, 5.41) is 8.97. The molecule has 0 N–H and O–H groups in total. The Morgan fingerprint density at radius 2 is 1.92 bits per heavy atom. The summed E-state index contributed by atoms with van der Waals surface area (Å²) >= 11 is 0. The van der Waals surface area contributed by atoms with Crippen LogP contribution in [-0.2, 0) is 4.74 Å². The maximum absolute atomic E-state index is 5.80. The van der Waals surface area contributed by atoms with E-state index in [1.165, 1.54) is 0 Å². The normalized spacial score (nSPS) is 24.0. The molecule has 0 amide bonds. The number of fused-ring (bicyclic) bond motifs is 3. The molecule has 1 aromatic carbocycles. The molecule has 6 nitrogen and oxygen atoms in total. The van der Waals surface area contributed by atoms with Crippen molar-refractivity contribution >= 4 is 5.82 Å². The molecule has 1 aromatic heterocycles. The van der Waals surface area contributed by atoms with Crippen LogP contribution in [0.5, 0.6) is 5.75 Å². The van der Waals surface area contributed by atoms with Gasteiger partial charge in [0, 0.05) is 31.1 Å². The monoisotopic (exact) mass is 340 g/mol. The molecule has 0 spiro atoms. The molecule has 0 radical (unpaired) electrons. The standard InChI is InChI=1S/C19H24N4O2/c1-22-9-14-10-23(11-15(22)13-25-12-14)19-8-7-17(20-21-19)16-5-3-4-6-18(16)24-2/h3-8,14-15H,9-13H2,1-2H3/t14-,15+/m1/s1. The summed E-state index contributed by atoms with van der Waals surface area (Å²) in [5.41, 5.74) is 1.79. The highest BCUT2D eigenvalue weighted by atomic mass is 16.5. The fourth-order valence-electron chi connectivity index (χ4n) is 3.73. The van der Waals surface area contributed by atoms with Gasteiger partial charge in [-0.3, -0.25) is 4.90 Å². The van der Waals surface area contributed by atoms with Crippen molar-refractivity contribution in [3.05, 3.63) is 36.4 Å². The molecule has 0 unspecified atom stereocenters. The lowest BCUT2D eigenvalue weighted by Gasteiger charge is -2.30. The Morgan fingerprint density at radius 1 is 1.04 bits per heavy atom. The summed E-state index contributed by atoms with van der Waals surface area (Å²) in [6.07, 6.45) is 0. The Labute approximate surface area is 148 Å². The SMILES string of the molecule is COc1ccccc1-c1ccc(N2C[C@@H]3COC[C@H](C2)N(C)C3)nn1. The summed E-state index contributed by atoms with van der Waals surface area (Å²) in [7, 11) is 3.86. The number of anilines is 1. The molecule has 2 fully saturated rings. The molecular weight excluding hydrogens is 316 g/mol. The van der Waals surface area contributed by atoms with Crippen LogP contribution < -0.4 is 9.64 Å². The third-order valence-electron chi connectivity index (χ3n) is 5.10. The molecule has 2 atom stereocenters. The van der Waals surface area contributed by atoms with Crippen molar-refractivity contribution in [2.75, 3.05) is 51.9 Å². The van der Waals surface area contributed by atoms with E-state index in [9.17, 15) is 0 Å². The molecule has 2 aliphatic heterocycles. The molecule has 2 aliphatic rings. The fourth-order valence-corrected chi connectivity index (χ4v) is 3.73. The minimum Gasteiger partial charge on any atom is -0.496 e. The molecule has 0 aliphatic carbocycles. The van der Waals surface area contributed by atoms with Crippen molar-refractivity contribution in [2.45, 2.75) is 6.04 Å². The average Bonchev–Trinajstić information content (AvgIpc) is 2.90. The van der Waals surface area contributed by atoms with Gasteiger partial charge in [-0.25, -0.2) is 0 Å². The van der Waals surface area contributed by atoms with Crippen LogP contribution in [0.25, 0.3) is 11.3 Å². The Bertz CT molecular complexity index is 722. The van der Waals surface area contributed by atoms with Crippen LogP contribution in [0.15, 0.2) is 36.4 Å². The van der Waals surface area contributed by atoms with Crippen LogP contribution in [0.3, 0.4) is 0 Å². The summed E-state index contributed by atoms with van der Waals surface area (Å²) in [6.45, 7) is 4.58. The smallest absolute Gasteiger partial charge is 0.151 e. The van der Waals surface area contributed by atoms with E-state index in [2.05, 4.69) is 33.1 Å². The van der Waals surface area contributed by atoms with E-state index in [-0.39, 0.29) is 0 Å². The summed E-state index contributed by atoms with van der Waals surface area (Å²) in [5.74, 6) is 2.26. The minimum atomic E-state index is 0.406. The summed E-state index contributed by atoms with van der Waals surface area (Å²) < 4.78 is 11.2. The first-order valence-electron chi connectivity index (χ1n) is 8.74. The van der Waals surface area contributed by atoms with Crippen LogP contribution >= 0.6 is 0 Å². The van der Waals surface area contributed by atoms with Crippen molar-refractivity contribution in [2.24, 2.45) is 5.92 Å². The van der Waals surface area contributed by atoms with Crippen LogP contribution in [-0.4, -0.2) is 68.1 Å². The van der Waals surface area contributed by atoms with Gasteiger partial charge in [-0.2, -0.15) is 0 Å². The Morgan fingerprint density at radius 3 is 2.72 bits per heavy atom. The van der Waals surface area contributed by atoms with Gasteiger partial charge in [0.25, 0.3) is 0 Å². The molecule has 6 heteroatoms. The zero-order valence-corrected chi connectivity index (χ0v) is 14.8. The second kappa shape index (κ2) is 6.98. The molecule has 4 rings (SSSR count). The summed E-state index contributed by atoms with van der Waals surface area (Å²) in [6, 6.07) is 12.4. The van der Waals surface area contributed by atoms with Crippen molar-refractivity contribution in [3.8, 4) is 17.0 Å². The molecule has 25 heavy (non-hydrogen) atoms. The van der Waals surface area contributed by atoms with Crippen LogP contribution in [0.1, 0.15) is 0 Å². The number of likely N-dealkylation sites (N-methyl/N-ethyl adjacent to an activating group) is 1. The first-order chi connectivity index (χ1) is 12.2. The van der Waals surface area contributed by atoms with Gasteiger partial charge in [0.05, 0.1) is 32.1 Å². The average molecular weight is 340 g/mol. The van der Waals surface area contributed by atoms with Crippen molar-refractivity contribution in [1.82, 2.24) is 15.1 Å². The predicted octanol–water partition coefficient (Wildman–Crippen LogP) is 1.92. The van der Waals surface area contributed by atoms with Crippen LogP contribution in [0.4, 0.5) is 5.82 Å². The Kier molecular flexibility index (Phi) is 4.55. The predicted molar refractivity (Wildman–Crippen MR) is 97.0 cm³/mol. The lowest BCUT2D eigenvalue weighted by atomic mass is 10.1. The van der Waals surface area contributed by atoms with Gasteiger partial charge < -0.3 is 14.4 Å². The molecule has 3 heterocycles. The van der Waals surface area contributed by atoms with E-state index in [1.54, 1.807) is 7.11 Å². The lowest BCUT2D eigenvalue weighted by Crippen LogP contribution is -2.42. The first kappa shape index (κ1) is 16.3. The molecule has 132 valence electrons. The molecule has 0 saturated carbocycles. The molecular formula is C19H24N4O2. The second-order valence-electron chi connectivity index (χ2n) is 6.88. The van der Waals surface area contributed by atoms with E-state index in [4.69, 9.17) is 9.47 Å². The third kappa shape index (κ3) is 3.32. The number of hydrogen-bond donors (Lipinski definition) is 0. The number of methoxy groups -OCH3 is 1. The van der Waals surface area contributed by atoms with E-state index in [0.29, 0.717) is 12.0 Å². The highest BCUT2D eigenvalue weighted by Gasteiger charge is 2.32. The third-order valence-corrected chi connectivity index (χ3v) is 5.10. The maximum Gasteiger partial charge on any atom is 0.151 e. The number of rotatable bonds is 3. The Hall–Kier alpha value is -2.18. The van der Waals surface area contributed by atoms with Crippen molar-refractivity contribution < 1.29 is 9.47 Å². The zero-order chi connectivity index (χ0) is 17.2. The van der Waals surface area contributed by atoms with E-state index in [1.807, 2.05) is 30.3 Å². The number of aromatic nitrogens is 2. The number of benzene rings is 1. The van der Waals surface area contributed by atoms with Crippen LogP contribution in [0, 0.1) is 5.92 Å². The zero-order valence-electron chi connectivity index (χ0n) is 14.8. The van der Waals surface area contributed by atoms with Gasteiger partial charge in [-0.15, -0.1) is 10.2 Å². The quantitative estimate of drug-likeness (QED) is 0.851. The highest BCUT2D eigenvalue weighted by molar-refractivity contribution is 5.67. The lowest BCUT2D eigenvalue weighted by molar-refractivity contribution is 0.0929. The van der Waals surface area contributed by atoms with Gasteiger partial charge >= 0.3 is 0 Å². The number of para-hydroxylation sites is 1. The number of nitrogens with zero attached hydrogens (tertiary/aromatic N) is 4. The molecule has 2 bridgehead atoms. The second-order valence-corrected chi connectivity index (χ2v) is 6.88. The van der Waals surface area contributed by atoms with Crippen LogP contribution in [0.2, 0.25) is 0 Å². The van der Waals surface area contributed by atoms with Crippen molar-refractivity contribution in [3.63, 3.8) is 0 Å². The van der Waals surface area contributed by atoms with Gasteiger partial charge in [0.15, 0.2) is 5.82 Å². The van der Waals surface area contributed by atoms with E-state index < -0.39 is 0 Å². The van der Waals surface area contributed by atoms with E-state index >= 15 is 0 Å². The molecule has 2 saturated heterocycles. The van der Waals surface area contributed by atoms with Gasteiger partial charge in [0.1, 0.15) is 5.75 Å². The minimum absolute atomic E-state index is 0.406. The van der Waals surface area contributed by atoms with Gasteiger partial charge in [-0.05, 0) is 31.3 Å². The molecule has 2 aromatic rings. The van der Waals surface area contributed by atoms with Gasteiger partial charge in [0.2, 0.25) is 0 Å². The topological polar surface area (TPSA) is 50.7 Å². The summed E-state index contributed by atoms with van der Waals surface area (Å²) in [4.78, 5) is 4.76. The fraction of sp³-hybridized carbons (Fsp3) is 0.474. The number of ether oxygens (including phenoxy) is 2. The van der Waals surface area contributed by atoms with Gasteiger partial charge in [-0.1, -0.05) is 12.1 Å². The largest absolute Gasteiger partial charge is 0.496 e. The van der Waals surface area contributed by atoms with Crippen molar-refractivity contribution in [1.29, 1.82) is 0 Å². The Balaban J connectivity index is 1.58.